The summed E-state index contributed by atoms with van der Waals surface area (Å²) < 4.78 is 8.57. The zero-order valence-corrected chi connectivity index (χ0v) is 17.2. The number of benzene rings is 2. The Morgan fingerprint density at radius 2 is 1.93 bits per heavy atom. The highest BCUT2D eigenvalue weighted by molar-refractivity contribution is 9.10. The van der Waals surface area contributed by atoms with Crippen LogP contribution >= 0.6 is 27.7 Å². The highest BCUT2D eigenvalue weighted by Gasteiger charge is 2.31. The lowest BCUT2D eigenvalue weighted by molar-refractivity contribution is 0.391. The summed E-state index contributed by atoms with van der Waals surface area (Å²) in [6, 6.07) is 18.1. The first-order chi connectivity index (χ1) is 13.8. The molecule has 2 aromatic carbocycles. The summed E-state index contributed by atoms with van der Waals surface area (Å²) in [5.41, 5.74) is 2.00. The summed E-state index contributed by atoms with van der Waals surface area (Å²) in [4.78, 5) is 4.52. The third-order valence-electron chi connectivity index (χ3n) is 4.49. The highest BCUT2D eigenvalue weighted by atomic mass is 79.9. The van der Waals surface area contributed by atoms with Crippen LogP contribution in [0.2, 0.25) is 0 Å². The van der Waals surface area contributed by atoms with Gasteiger partial charge in [-0.15, -0.1) is 10.2 Å². The van der Waals surface area contributed by atoms with Crippen LogP contribution in [0.15, 0.2) is 68.7 Å². The second-order valence-corrected chi connectivity index (χ2v) is 8.45. The van der Waals surface area contributed by atoms with Crippen molar-refractivity contribution < 1.29 is 4.52 Å². The van der Waals surface area contributed by atoms with Crippen molar-refractivity contribution in [2.45, 2.75) is 29.7 Å². The van der Waals surface area contributed by atoms with Gasteiger partial charge in [-0.05, 0) is 37.1 Å². The Morgan fingerprint density at radius 3 is 2.71 bits per heavy atom. The number of hydrogen-bond acceptors (Lipinski definition) is 6. The first kappa shape index (κ1) is 17.6. The highest BCUT2D eigenvalue weighted by Crippen LogP contribution is 2.41. The van der Waals surface area contributed by atoms with E-state index in [1.807, 2.05) is 42.5 Å². The summed E-state index contributed by atoms with van der Waals surface area (Å²) in [6.07, 6.45) is 2.35. The molecule has 140 valence electrons. The molecular weight excluding hydrogens is 438 g/mol. The molecule has 1 fully saturated rings. The van der Waals surface area contributed by atoms with Crippen molar-refractivity contribution in [3.63, 3.8) is 0 Å². The molecule has 0 unspecified atom stereocenters. The predicted octanol–water partition coefficient (Wildman–Crippen LogP) is 5.25. The fourth-order valence-corrected chi connectivity index (χ4v) is 4.18. The summed E-state index contributed by atoms with van der Waals surface area (Å²) in [5, 5.41) is 13.8. The maximum Gasteiger partial charge on any atom is 0.237 e. The van der Waals surface area contributed by atoms with Crippen molar-refractivity contribution in [3.05, 3.63) is 70.8 Å². The van der Waals surface area contributed by atoms with Gasteiger partial charge in [-0.25, -0.2) is 0 Å². The molecule has 0 N–H and O–H groups in total. The van der Waals surface area contributed by atoms with E-state index < -0.39 is 0 Å². The number of nitrogens with zero attached hydrogens (tertiary/aromatic N) is 5. The van der Waals surface area contributed by atoms with Gasteiger partial charge in [-0.1, -0.05) is 63.2 Å². The average molecular weight is 454 g/mol. The van der Waals surface area contributed by atoms with Crippen LogP contribution in [0.5, 0.6) is 0 Å². The van der Waals surface area contributed by atoms with E-state index in [1.54, 1.807) is 11.8 Å². The molecular formula is C20H16BrN5OS. The summed E-state index contributed by atoms with van der Waals surface area (Å²) in [6.45, 7) is 0. The van der Waals surface area contributed by atoms with E-state index >= 15 is 0 Å². The maximum absolute atomic E-state index is 5.44. The van der Waals surface area contributed by atoms with Crippen molar-refractivity contribution >= 4 is 27.7 Å². The Labute approximate surface area is 174 Å². The molecule has 0 atom stereocenters. The molecule has 2 heterocycles. The molecule has 5 rings (SSSR count). The predicted molar refractivity (Wildman–Crippen MR) is 110 cm³/mol. The molecule has 0 bridgehead atoms. The molecule has 6 nitrogen and oxygen atoms in total. The molecule has 0 aliphatic heterocycles. The second-order valence-electron chi connectivity index (χ2n) is 6.60. The van der Waals surface area contributed by atoms with Gasteiger partial charge in [0.25, 0.3) is 0 Å². The Bertz CT molecular complexity index is 1110. The maximum atomic E-state index is 5.44. The first-order valence-corrected chi connectivity index (χ1v) is 10.8. The van der Waals surface area contributed by atoms with Crippen LogP contribution < -0.4 is 0 Å². The van der Waals surface area contributed by atoms with E-state index in [-0.39, 0.29) is 0 Å². The first-order valence-electron chi connectivity index (χ1n) is 9.00. The molecule has 8 heteroatoms. The number of rotatable bonds is 6. The Hall–Kier alpha value is -2.45. The number of para-hydroxylation sites is 1. The van der Waals surface area contributed by atoms with Gasteiger partial charge in [-0.3, -0.25) is 4.57 Å². The van der Waals surface area contributed by atoms with E-state index in [2.05, 4.69) is 53.0 Å². The smallest absolute Gasteiger partial charge is 0.237 e. The van der Waals surface area contributed by atoms with E-state index in [0.717, 1.165) is 26.7 Å². The number of halogens is 1. The largest absolute Gasteiger partial charge is 0.338 e. The van der Waals surface area contributed by atoms with Gasteiger partial charge < -0.3 is 4.52 Å². The Balaban J connectivity index is 1.38. The van der Waals surface area contributed by atoms with Crippen LogP contribution in [0, 0.1) is 0 Å². The van der Waals surface area contributed by atoms with Gasteiger partial charge >= 0.3 is 0 Å². The third-order valence-corrected chi connectivity index (χ3v) is 5.90. The van der Waals surface area contributed by atoms with E-state index in [0.29, 0.717) is 23.4 Å². The van der Waals surface area contributed by atoms with Crippen molar-refractivity contribution in [2.75, 3.05) is 0 Å². The molecule has 0 saturated heterocycles. The van der Waals surface area contributed by atoms with Crippen LogP contribution in [0.3, 0.4) is 0 Å². The van der Waals surface area contributed by atoms with Gasteiger partial charge in [0.1, 0.15) is 5.82 Å². The van der Waals surface area contributed by atoms with Crippen molar-refractivity contribution in [2.24, 2.45) is 0 Å². The van der Waals surface area contributed by atoms with E-state index in [1.165, 1.54) is 12.8 Å². The average Bonchev–Trinajstić information content (AvgIpc) is 3.30. The molecule has 0 spiro atoms. The summed E-state index contributed by atoms with van der Waals surface area (Å²) in [5.74, 6) is 3.23. The number of hydrogen-bond donors (Lipinski definition) is 0. The molecule has 28 heavy (non-hydrogen) atoms. The molecule has 2 aromatic heterocycles. The lowest BCUT2D eigenvalue weighted by atomic mass is 10.2. The number of aromatic nitrogens is 5. The van der Waals surface area contributed by atoms with Gasteiger partial charge in [0.05, 0.1) is 5.75 Å². The standard InChI is InChI=1S/C20H16BrN5OS/c21-15-6-4-5-14(11-15)18-22-17(27-25-18)12-28-20-24-23-19(13-9-10-13)26(20)16-7-2-1-3-8-16/h1-8,11,13H,9-10,12H2. The van der Waals surface area contributed by atoms with E-state index in [9.17, 15) is 0 Å². The Kier molecular flexibility index (Phi) is 4.74. The minimum atomic E-state index is 0.508. The van der Waals surface area contributed by atoms with Gasteiger partial charge in [0, 0.05) is 21.6 Å². The van der Waals surface area contributed by atoms with Crippen LogP contribution in [-0.2, 0) is 5.75 Å². The van der Waals surface area contributed by atoms with Gasteiger partial charge in [0.2, 0.25) is 11.7 Å². The molecule has 0 radical (unpaired) electrons. The molecule has 4 aromatic rings. The minimum Gasteiger partial charge on any atom is -0.338 e. The van der Waals surface area contributed by atoms with E-state index in [4.69, 9.17) is 4.52 Å². The van der Waals surface area contributed by atoms with Gasteiger partial charge in [0.15, 0.2) is 5.16 Å². The third kappa shape index (κ3) is 3.62. The van der Waals surface area contributed by atoms with Crippen LogP contribution in [0.4, 0.5) is 0 Å². The van der Waals surface area contributed by atoms with Crippen molar-refractivity contribution in [3.8, 4) is 17.1 Å². The SMILES string of the molecule is Brc1cccc(-c2noc(CSc3nnc(C4CC4)n3-c3ccccc3)n2)c1. The zero-order chi connectivity index (χ0) is 18.9. The zero-order valence-electron chi connectivity index (χ0n) is 14.8. The fourth-order valence-electron chi connectivity index (χ4n) is 2.98. The number of thioether (sulfide) groups is 1. The molecule has 1 aliphatic carbocycles. The minimum absolute atomic E-state index is 0.508. The van der Waals surface area contributed by atoms with Crippen LogP contribution in [0.25, 0.3) is 17.1 Å². The Morgan fingerprint density at radius 1 is 1.07 bits per heavy atom. The van der Waals surface area contributed by atoms with Crippen molar-refractivity contribution in [1.82, 2.24) is 24.9 Å². The topological polar surface area (TPSA) is 69.6 Å². The summed E-state index contributed by atoms with van der Waals surface area (Å²) in [7, 11) is 0. The van der Waals surface area contributed by atoms with Crippen LogP contribution in [0.1, 0.15) is 30.5 Å². The normalized spacial score (nSPS) is 13.8. The molecule has 1 saturated carbocycles. The monoisotopic (exact) mass is 453 g/mol. The van der Waals surface area contributed by atoms with Crippen LogP contribution in [-0.4, -0.2) is 24.9 Å². The lowest BCUT2D eigenvalue weighted by Gasteiger charge is -2.08. The summed E-state index contributed by atoms with van der Waals surface area (Å²) >= 11 is 5.02. The quantitative estimate of drug-likeness (QED) is 0.371. The van der Waals surface area contributed by atoms with Gasteiger partial charge in [-0.2, -0.15) is 4.98 Å². The second kappa shape index (κ2) is 7.52. The molecule has 1 aliphatic rings. The lowest BCUT2D eigenvalue weighted by Crippen LogP contribution is -2.01. The van der Waals surface area contributed by atoms with Crippen molar-refractivity contribution in [1.29, 1.82) is 0 Å². The fraction of sp³-hybridized carbons (Fsp3) is 0.200. The molecule has 0 amide bonds.